The van der Waals surface area contributed by atoms with Crippen LogP contribution in [0.15, 0.2) is 12.1 Å². The van der Waals surface area contributed by atoms with E-state index in [2.05, 4.69) is 50.0 Å². The van der Waals surface area contributed by atoms with Gasteiger partial charge in [-0.3, -0.25) is 4.90 Å². The minimum Gasteiger partial charge on any atom is -0.310 e. The van der Waals surface area contributed by atoms with Gasteiger partial charge in [0.25, 0.3) is 0 Å². The highest BCUT2D eigenvalue weighted by atomic mass is 32.1. The molecule has 1 aliphatic heterocycles. The highest BCUT2D eigenvalue weighted by molar-refractivity contribution is 7.12. The molecule has 3 heteroatoms. The van der Waals surface area contributed by atoms with E-state index >= 15 is 0 Å². The maximum absolute atomic E-state index is 3.80. The van der Waals surface area contributed by atoms with Gasteiger partial charge in [0.15, 0.2) is 0 Å². The first-order chi connectivity index (χ1) is 9.10. The summed E-state index contributed by atoms with van der Waals surface area (Å²) in [4.78, 5) is 5.62. The van der Waals surface area contributed by atoms with E-state index in [1.807, 2.05) is 11.3 Å². The Bertz CT molecular complexity index is 395. The van der Waals surface area contributed by atoms with Gasteiger partial charge in [-0.25, -0.2) is 0 Å². The summed E-state index contributed by atoms with van der Waals surface area (Å²) in [6, 6.07) is 5.11. The summed E-state index contributed by atoms with van der Waals surface area (Å²) in [7, 11) is 0. The SMILES string of the molecule is CCC1(CC)CN(C(C)c2ccc(C)s2)CCCN1. The molecule has 0 bridgehead atoms. The van der Waals surface area contributed by atoms with Crippen molar-refractivity contribution in [3.63, 3.8) is 0 Å². The summed E-state index contributed by atoms with van der Waals surface area (Å²) in [5, 5.41) is 3.80. The third kappa shape index (κ3) is 3.39. The second-order valence-corrected chi connectivity index (χ2v) is 7.18. The molecule has 1 fully saturated rings. The van der Waals surface area contributed by atoms with E-state index in [0.717, 1.165) is 6.54 Å². The molecule has 0 radical (unpaired) electrons. The normalized spacial score (nSPS) is 22.1. The summed E-state index contributed by atoms with van der Waals surface area (Å²) in [6.07, 6.45) is 3.70. The van der Waals surface area contributed by atoms with Crippen molar-refractivity contribution >= 4 is 11.3 Å². The molecule has 0 aliphatic carbocycles. The Labute approximate surface area is 122 Å². The third-order valence-corrected chi connectivity index (χ3v) is 5.87. The summed E-state index contributed by atoms with van der Waals surface area (Å²) < 4.78 is 0. The van der Waals surface area contributed by atoms with Gasteiger partial charge in [0.2, 0.25) is 0 Å². The molecule has 0 aromatic carbocycles. The number of aryl methyl sites for hydroxylation is 1. The molecule has 1 aliphatic rings. The second kappa shape index (κ2) is 6.38. The maximum atomic E-state index is 3.80. The summed E-state index contributed by atoms with van der Waals surface area (Å²) in [5.41, 5.74) is 0.317. The Morgan fingerprint density at radius 3 is 2.68 bits per heavy atom. The predicted octanol–water partition coefficient (Wildman–Crippen LogP) is 3.97. The lowest BCUT2D eigenvalue weighted by Crippen LogP contribution is -2.50. The number of nitrogens with zero attached hydrogens (tertiary/aromatic N) is 1. The van der Waals surface area contributed by atoms with Crippen molar-refractivity contribution in [3.05, 3.63) is 21.9 Å². The van der Waals surface area contributed by atoms with Gasteiger partial charge in [-0.1, -0.05) is 13.8 Å². The standard InChI is InChI=1S/C16H28N2S/c1-5-16(6-2)12-18(11-7-10-17-16)14(4)15-9-8-13(3)19-15/h8-9,14,17H,5-7,10-12H2,1-4H3. The van der Waals surface area contributed by atoms with Crippen LogP contribution in [0.4, 0.5) is 0 Å². The van der Waals surface area contributed by atoms with Crippen LogP contribution in [0.1, 0.15) is 55.8 Å². The van der Waals surface area contributed by atoms with E-state index in [1.54, 1.807) is 0 Å². The molecule has 1 aromatic heterocycles. The fraction of sp³-hybridized carbons (Fsp3) is 0.750. The summed E-state index contributed by atoms with van der Waals surface area (Å²) in [5.74, 6) is 0. The van der Waals surface area contributed by atoms with Crippen LogP contribution in [0, 0.1) is 6.92 Å². The summed E-state index contributed by atoms with van der Waals surface area (Å²) in [6.45, 7) is 12.8. The highest BCUT2D eigenvalue weighted by Crippen LogP contribution is 2.30. The van der Waals surface area contributed by atoms with Crippen LogP contribution in [0.3, 0.4) is 0 Å². The molecule has 0 amide bonds. The Hall–Kier alpha value is -0.380. The molecule has 2 rings (SSSR count). The topological polar surface area (TPSA) is 15.3 Å². The number of rotatable bonds is 4. The molecule has 19 heavy (non-hydrogen) atoms. The molecular weight excluding hydrogens is 252 g/mol. The van der Waals surface area contributed by atoms with E-state index in [0.29, 0.717) is 11.6 Å². The zero-order valence-corrected chi connectivity index (χ0v) is 13.6. The van der Waals surface area contributed by atoms with E-state index in [4.69, 9.17) is 0 Å². The molecule has 1 saturated heterocycles. The molecule has 2 nitrogen and oxygen atoms in total. The molecule has 0 spiro atoms. The van der Waals surface area contributed by atoms with E-state index in [1.165, 1.54) is 42.1 Å². The molecule has 1 N–H and O–H groups in total. The molecular formula is C16H28N2S. The Morgan fingerprint density at radius 1 is 1.37 bits per heavy atom. The zero-order chi connectivity index (χ0) is 13.9. The molecule has 108 valence electrons. The van der Waals surface area contributed by atoms with Gasteiger partial charge in [0.05, 0.1) is 0 Å². The number of nitrogens with one attached hydrogen (secondary N) is 1. The molecule has 0 saturated carbocycles. The van der Waals surface area contributed by atoms with Crippen LogP contribution in [0.2, 0.25) is 0 Å². The average molecular weight is 280 g/mol. The maximum Gasteiger partial charge on any atom is 0.0414 e. The lowest BCUT2D eigenvalue weighted by atomic mass is 9.92. The minimum absolute atomic E-state index is 0.317. The number of thiophene rings is 1. The van der Waals surface area contributed by atoms with Gasteiger partial charge in [-0.05, 0) is 51.8 Å². The van der Waals surface area contributed by atoms with E-state index in [9.17, 15) is 0 Å². The van der Waals surface area contributed by atoms with Crippen molar-refractivity contribution in [1.29, 1.82) is 0 Å². The molecule has 1 atom stereocenters. The number of hydrogen-bond donors (Lipinski definition) is 1. The fourth-order valence-corrected chi connectivity index (χ4v) is 4.04. The summed E-state index contributed by atoms with van der Waals surface area (Å²) >= 11 is 1.95. The Kier molecular flexibility index (Phi) is 5.04. The molecule has 1 aromatic rings. The molecule has 2 heterocycles. The van der Waals surface area contributed by atoms with Crippen LogP contribution in [0.5, 0.6) is 0 Å². The van der Waals surface area contributed by atoms with Crippen molar-refractivity contribution in [2.24, 2.45) is 0 Å². The fourth-order valence-electron chi connectivity index (χ4n) is 3.07. The predicted molar refractivity (Wildman–Crippen MR) is 85.0 cm³/mol. The van der Waals surface area contributed by atoms with Crippen LogP contribution in [0.25, 0.3) is 0 Å². The van der Waals surface area contributed by atoms with Crippen LogP contribution < -0.4 is 5.32 Å². The van der Waals surface area contributed by atoms with E-state index in [-0.39, 0.29) is 0 Å². The van der Waals surface area contributed by atoms with Gasteiger partial charge < -0.3 is 5.32 Å². The van der Waals surface area contributed by atoms with Crippen molar-refractivity contribution < 1.29 is 0 Å². The van der Waals surface area contributed by atoms with Gasteiger partial charge in [-0.2, -0.15) is 0 Å². The lowest BCUT2D eigenvalue weighted by Gasteiger charge is -2.37. The van der Waals surface area contributed by atoms with Gasteiger partial charge in [0, 0.05) is 34.4 Å². The Morgan fingerprint density at radius 2 is 2.11 bits per heavy atom. The van der Waals surface area contributed by atoms with Crippen molar-refractivity contribution in [2.75, 3.05) is 19.6 Å². The largest absolute Gasteiger partial charge is 0.310 e. The smallest absolute Gasteiger partial charge is 0.0414 e. The number of hydrogen-bond acceptors (Lipinski definition) is 3. The van der Waals surface area contributed by atoms with Crippen molar-refractivity contribution in [3.8, 4) is 0 Å². The van der Waals surface area contributed by atoms with Crippen LogP contribution in [-0.4, -0.2) is 30.1 Å². The van der Waals surface area contributed by atoms with Crippen molar-refractivity contribution in [1.82, 2.24) is 10.2 Å². The zero-order valence-electron chi connectivity index (χ0n) is 12.8. The minimum atomic E-state index is 0.317. The first-order valence-corrected chi connectivity index (χ1v) is 8.47. The highest BCUT2D eigenvalue weighted by Gasteiger charge is 2.32. The Balaban J connectivity index is 2.13. The average Bonchev–Trinajstić information content (AvgIpc) is 2.75. The van der Waals surface area contributed by atoms with Crippen LogP contribution >= 0.6 is 11.3 Å². The molecule has 1 unspecified atom stereocenters. The lowest BCUT2D eigenvalue weighted by molar-refractivity contribution is 0.158. The third-order valence-electron chi connectivity index (χ3n) is 4.70. The van der Waals surface area contributed by atoms with Gasteiger partial charge >= 0.3 is 0 Å². The van der Waals surface area contributed by atoms with Gasteiger partial charge in [0.1, 0.15) is 0 Å². The monoisotopic (exact) mass is 280 g/mol. The quantitative estimate of drug-likeness (QED) is 0.897. The first-order valence-electron chi connectivity index (χ1n) is 7.65. The second-order valence-electron chi connectivity index (χ2n) is 5.86. The van der Waals surface area contributed by atoms with Gasteiger partial charge in [-0.15, -0.1) is 11.3 Å². The first kappa shape index (κ1) is 15.0. The van der Waals surface area contributed by atoms with Crippen LogP contribution in [-0.2, 0) is 0 Å². The van der Waals surface area contributed by atoms with E-state index < -0.39 is 0 Å². The van der Waals surface area contributed by atoms with Crippen molar-refractivity contribution in [2.45, 2.75) is 58.5 Å².